The fourth-order valence-corrected chi connectivity index (χ4v) is 7.88. The minimum absolute atomic E-state index is 0.173. The van der Waals surface area contributed by atoms with Gasteiger partial charge in [0.15, 0.2) is 5.75 Å². The number of anilines is 1. The van der Waals surface area contributed by atoms with Gasteiger partial charge in [0.05, 0.1) is 31.0 Å². The van der Waals surface area contributed by atoms with Gasteiger partial charge >= 0.3 is 0 Å². The lowest BCUT2D eigenvalue weighted by Crippen LogP contribution is -2.57. The van der Waals surface area contributed by atoms with Crippen molar-refractivity contribution in [1.29, 1.82) is 0 Å². The van der Waals surface area contributed by atoms with Crippen LogP contribution in [0.3, 0.4) is 0 Å². The summed E-state index contributed by atoms with van der Waals surface area (Å²) in [4.78, 5) is 54.6. The van der Waals surface area contributed by atoms with E-state index in [-0.39, 0.29) is 24.8 Å². The molecule has 3 aliphatic rings. The first-order valence-corrected chi connectivity index (χ1v) is 18.5. The first-order valence-electron chi connectivity index (χ1n) is 17.7. The van der Waals surface area contributed by atoms with E-state index in [4.69, 9.17) is 19.0 Å². The van der Waals surface area contributed by atoms with Gasteiger partial charge in [-0.15, -0.1) is 0 Å². The predicted octanol–water partition coefficient (Wildman–Crippen LogP) is 5.65. The fraction of sp³-hybridized carbons (Fsp3) is 0.385. The van der Waals surface area contributed by atoms with Crippen LogP contribution >= 0.6 is 11.3 Å². The number of rotatable bonds is 9. The minimum atomic E-state index is -1.22. The Kier molecular flexibility index (Phi) is 10.5. The van der Waals surface area contributed by atoms with Gasteiger partial charge < -0.3 is 34.6 Å². The molecule has 2 fully saturated rings. The standard InChI is InChI=1S/C39H43N5O7S/c1-48-28-16-11-13-26(20-28)40-32-17-10-5-3-4-7-12-25-23-39(25,37(47)43-51-27-14-8-6-9-15-27)42-35(45)33-21-30(24-44(33)36(32)46)50-38-41-31-19-18-29(49-2)22-34(31)52-38/h6-9,11-16,18-20,22,25,30,32-33,40H,3-5,10,17,21,23-24H2,1-2H3,(H,42,45)(H,43,47)/t25-,30-,32+,33+,39-/m1/s1. The number of nitrogens with one attached hydrogen (secondary N) is 3. The third-order valence-electron chi connectivity index (χ3n) is 9.90. The van der Waals surface area contributed by atoms with Crippen molar-refractivity contribution in [3.05, 3.63) is 84.9 Å². The Morgan fingerprint density at radius 1 is 0.962 bits per heavy atom. The molecule has 0 unspecified atom stereocenters. The van der Waals surface area contributed by atoms with Crippen molar-refractivity contribution in [3.63, 3.8) is 0 Å². The maximum absolute atomic E-state index is 14.6. The molecular weight excluding hydrogens is 683 g/mol. The van der Waals surface area contributed by atoms with Crippen LogP contribution in [0.4, 0.5) is 5.69 Å². The van der Waals surface area contributed by atoms with Crippen LogP contribution in [0.5, 0.6) is 22.4 Å². The molecule has 1 saturated heterocycles. The van der Waals surface area contributed by atoms with Crippen molar-refractivity contribution in [3.8, 4) is 22.4 Å². The average Bonchev–Trinajstić information content (AvgIpc) is 3.46. The number of carbonyl (C=O) groups excluding carboxylic acids is 3. The van der Waals surface area contributed by atoms with Crippen molar-refractivity contribution in [2.45, 2.75) is 68.7 Å². The highest BCUT2D eigenvalue weighted by Crippen LogP contribution is 2.46. The summed E-state index contributed by atoms with van der Waals surface area (Å²) < 4.78 is 18.1. The summed E-state index contributed by atoms with van der Waals surface area (Å²) in [6.45, 7) is 0.173. The van der Waals surface area contributed by atoms with Crippen LogP contribution in [-0.4, -0.2) is 72.1 Å². The zero-order valence-electron chi connectivity index (χ0n) is 29.2. The highest BCUT2D eigenvalue weighted by Gasteiger charge is 2.61. The molecule has 272 valence electrons. The summed E-state index contributed by atoms with van der Waals surface area (Å²) >= 11 is 1.38. The van der Waals surface area contributed by atoms with E-state index in [0.29, 0.717) is 35.3 Å². The van der Waals surface area contributed by atoms with Crippen LogP contribution < -0.4 is 35.2 Å². The number of benzene rings is 3. The predicted molar refractivity (Wildman–Crippen MR) is 198 cm³/mol. The Hall–Kier alpha value is -5.30. The molecule has 0 radical (unpaired) electrons. The van der Waals surface area contributed by atoms with Gasteiger partial charge in [0.1, 0.15) is 35.2 Å². The maximum Gasteiger partial charge on any atom is 0.278 e. The molecule has 1 saturated carbocycles. The molecule has 3 N–H and O–H groups in total. The van der Waals surface area contributed by atoms with Crippen molar-refractivity contribution in [2.24, 2.45) is 5.92 Å². The molecule has 0 spiro atoms. The second-order valence-corrected chi connectivity index (χ2v) is 14.4. The summed E-state index contributed by atoms with van der Waals surface area (Å²) in [7, 11) is 3.21. The summed E-state index contributed by atoms with van der Waals surface area (Å²) in [6, 6.07) is 20.5. The maximum atomic E-state index is 14.6. The molecule has 3 amide bonds. The summed E-state index contributed by atoms with van der Waals surface area (Å²) in [5.74, 6) is 0.547. The quantitative estimate of drug-likeness (QED) is 0.148. The third kappa shape index (κ3) is 7.79. The SMILES string of the molecule is COc1cccc(N[C@H]2CCCCCC=C[C@@H]3C[C@@]3(C(=O)NOc3ccccc3)NC(=O)[C@@H]3C[C@@H](Oc4nc5ccc(OC)cc5s4)CN3C2=O)c1. The number of hydrogen-bond donors (Lipinski definition) is 3. The molecule has 7 rings (SSSR count). The molecule has 3 aromatic carbocycles. The normalized spacial score (nSPS) is 24.8. The lowest BCUT2D eigenvalue weighted by atomic mass is 10.0. The Balaban J connectivity index is 1.17. The first-order chi connectivity index (χ1) is 25.3. The number of allylic oxidation sites excluding steroid dienone is 1. The number of ether oxygens (including phenoxy) is 3. The number of hydrogen-bond acceptors (Lipinski definition) is 10. The van der Waals surface area contributed by atoms with Crippen molar-refractivity contribution >= 4 is 45.0 Å². The fourth-order valence-electron chi connectivity index (χ4n) is 6.97. The minimum Gasteiger partial charge on any atom is -0.497 e. The second-order valence-electron chi connectivity index (χ2n) is 13.4. The van der Waals surface area contributed by atoms with Crippen molar-refractivity contribution in [1.82, 2.24) is 20.7 Å². The molecule has 12 nitrogen and oxygen atoms in total. The Bertz CT molecular complexity index is 1940. The molecule has 13 heteroatoms. The van der Waals surface area contributed by atoms with Gasteiger partial charge in [0.2, 0.25) is 11.8 Å². The molecule has 3 heterocycles. The summed E-state index contributed by atoms with van der Waals surface area (Å²) in [5, 5.41) is 6.94. The average molecular weight is 726 g/mol. The highest BCUT2D eigenvalue weighted by atomic mass is 32.1. The monoisotopic (exact) mass is 725 g/mol. The number of nitrogens with zero attached hydrogens (tertiary/aromatic N) is 2. The van der Waals surface area contributed by atoms with Gasteiger partial charge in [0.25, 0.3) is 11.1 Å². The largest absolute Gasteiger partial charge is 0.497 e. The molecule has 0 bridgehead atoms. The zero-order chi connectivity index (χ0) is 36.1. The smallest absolute Gasteiger partial charge is 0.278 e. The Morgan fingerprint density at radius 2 is 1.77 bits per heavy atom. The van der Waals surface area contributed by atoms with Crippen LogP contribution in [0.1, 0.15) is 44.9 Å². The van der Waals surface area contributed by atoms with E-state index >= 15 is 0 Å². The van der Waals surface area contributed by atoms with Crippen LogP contribution in [0.2, 0.25) is 0 Å². The first kappa shape index (κ1) is 35.1. The van der Waals surface area contributed by atoms with E-state index in [9.17, 15) is 14.4 Å². The van der Waals surface area contributed by atoms with Gasteiger partial charge in [0, 0.05) is 24.1 Å². The molecule has 4 aromatic rings. The number of thiazole rings is 1. The van der Waals surface area contributed by atoms with Gasteiger partial charge in [-0.1, -0.05) is 60.6 Å². The molecular formula is C39H43N5O7S. The number of methoxy groups -OCH3 is 2. The van der Waals surface area contributed by atoms with Gasteiger partial charge in [-0.3, -0.25) is 14.4 Å². The Morgan fingerprint density at radius 3 is 2.60 bits per heavy atom. The molecule has 52 heavy (non-hydrogen) atoms. The summed E-state index contributed by atoms with van der Waals surface area (Å²) in [6.07, 6.45) is 8.29. The Labute approximate surface area is 306 Å². The van der Waals surface area contributed by atoms with Crippen LogP contribution in [0.15, 0.2) is 84.9 Å². The topological polar surface area (TPSA) is 140 Å². The van der Waals surface area contributed by atoms with Crippen molar-refractivity contribution in [2.75, 3.05) is 26.1 Å². The lowest BCUT2D eigenvalue weighted by molar-refractivity contribution is -0.141. The van der Waals surface area contributed by atoms with Crippen LogP contribution in [0, 0.1) is 5.92 Å². The summed E-state index contributed by atoms with van der Waals surface area (Å²) in [5.41, 5.74) is 2.85. The number of aromatic nitrogens is 1. The molecule has 1 aromatic heterocycles. The van der Waals surface area contributed by atoms with Crippen molar-refractivity contribution < 1.29 is 33.4 Å². The number of hydroxylamine groups is 1. The van der Waals surface area contributed by atoms with E-state index in [1.807, 2.05) is 54.6 Å². The van der Waals surface area contributed by atoms with Gasteiger partial charge in [-0.05, 0) is 68.1 Å². The van der Waals surface area contributed by atoms with E-state index in [0.717, 1.165) is 41.6 Å². The highest BCUT2D eigenvalue weighted by molar-refractivity contribution is 7.20. The van der Waals surface area contributed by atoms with E-state index in [1.54, 1.807) is 43.4 Å². The lowest BCUT2D eigenvalue weighted by Gasteiger charge is -2.30. The zero-order valence-corrected chi connectivity index (χ0v) is 30.0. The number of carbonyl (C=O) groups is 3. The van der Waals surface area contributed by atoms with Crippen LogP contribution in [0.25, 0.3) is 10.2 Å². The van der Waals surface area contributed by atoms with Gasteiger partial charge in [-0.25, -0.2) is 4.98 Å². The van der Waals surface area contributed by atoms with E-state index in [1.165, 1.54) is 11.3 Å². The number of para-hydroxylation sites is 1. The number of fused-ring (bicyclic) bond motifs is 3. The van der Waals surface area contributed by atoms with E-state index < -0.39 is 35.5 Å². The molecule has 5 atom stereocenters. The van der Waals surface area contributed by atoms with Crippen LogP contribution in [-0.2, 0) is 14.4 Å². The second kappa shape index (κ2) is 15.5. The molecule has 2 aliphatic heterocycles. The van der Waals surface area contributed by atoms with E-state index in [2.05, 4.69) is 27.2 Å². The molecule has 1 aliphatic carbocycles. The number of amides is 3. The van der Waals surface area contributed by atoms with Gasteiger partial charge in [-0.2, -0.15) is 5.48 Å². The third-order valence-corrected chi connectivity index (χ3v) is 10.8.